The number of halogens is 2. The largest absolute Gasteiger partial charge is 0.349 e. The van der Waals surface area contributed by atoms with Crippen molar-refractivity contribution in [1.29, 1.82) is 0 Å². The standard InChI is InChI=1S/C12H12F2N2O/c1-2-7-16-9-6-4-3-5-8(9)15-12(17)10(16)11(13)14/h2-6,10-11H,1,7H2,(H,15,17). The molecule has 1 heterocycles. The van der Waals surface area contributed by atoms with E-state index >= 15 is 0 Å². The number of benzene rings is 1. The Kier molecular flexibility index (Phi) is 3.08. The number of carbonyl (C=O) groups excluding carboxylic acids is 1. The maximum Gasteiger partial charge on any atom is 0.267 e. The first-order valence-electron chi connectivity index (χ1n) is 5.20. The Hall–Kier alpha value is -1.91. The van der Waals surface area contributed by atoms with Crippen LogP contribution in [-0.4, -0.2) is 24.9 Å². The van der Waals surface area contributed by atoms with E-state index in [-0.39, 0.29) is 6.54 Å². The van der Waals surface area contributed by atoms with E-state index in [1.165, 1.54) is 11.0 Å². The molecule has 0 aliphatic carbocycles. The first-order valence-corrected chi connectivity index (χ1v) is 5.20. The van der Waals surface area contributed by atoms with E-state index in [4.69, 9.17) is 0 Å². The zero-order chi connectivity index (χ0) is 12.4. The monoisotopic (exact) mass is 238 g/mol. The summed E-state index contributed by atoms with van der Waals surface area (Å²) in [5.74, 6) is -0.680. The number of nitrogens with one attached hydrogen (secondary N) is 1. The fraction of sp³-hybridized carbons (Fsp3) is 0.250. The minimum absolute atomic E-state index is 0.208. The van der Waals surface area contributed by atoms with Crippen molar-refractivity contribution in [2.45, 2.75) is 12.5 Å². The van der Waals surface area contributed by atoms with Gasteiger partial charge in [-0.25, -0.2) is 8.78 Å². The molecule has 1 amide bonds. The van der Waals surface area contributed by atoms with Crippen molar-refractivity contribution in [3.8, 4) is 0 Å². The van der Waals surface area contributed by atoms with E-state index < -0.39 is 18.4 Å². The summed E-state index contributed by atoms with van der Waals surface area (Å²) < 4.78 is 25.8. The molecule has 1 aliphatic heterocycles. The van der Waals surface area contributed by atoms with Crippen molar-refractivity contribution in [2.24, 2.45) is 0 Å². The Morgan fingerprint density at radius 1 is 1.47 bits per heavy atom. The molecule has 2 rings (SSSR count). The van der Waals surface area contributed by atoms with Crippen LogP contribution in [0, 0.1) is 0 Å². The molecule has 17 heavy (non-hydrogen) atoms. The third-order valence-electron chi connectivity index (χ3n) is 2.64. The third kappa shape index (κ3) is 2.00. The molecule has 0 saturated carbocycles. The second-order valence-corrected chi connectivity index (χ2v) is 3.73. The highest BCUT2D eigenvalue weighted by Gasteiger charge is 2.38. The lowest BCUT2D eigenvalue weighted by Gasteiger charge is -2.36. The molecule has 1 N–H and O–H groups in total. The predicted molar refractivity (Wildman–Crippen MR) is 62.4 cm³/mol. The zero-order valence-electron chi connectivity index (χ0n) is 9.07. The highest BCUT2D eigenvalue weighted by Crippen LogP contribution is 2.33. The fourth-order valence-corrected chi connectivity index (χ4v) is 1.93. The van der Waals surface area contributed by atoms with E-state index in [1.807, 2.05) is 0 Å². The molecule has 1 aromatic rings. The second kappa shape index (κ2) is 4.53. The average molecular weight is 238 g/mol. The van der Waals surface area contributed by atoms with Gasteiger partial charge in [0.15, 0.2) is 6.04 Å². The van der Waals surface area contributed by atoms with Crippen molar-refractivity contribution < 1.29 is 13.6 Å². The molecular formula is C12H12F2N2O. The summed E-state index contributed by atoms with van der Waals surface area (Å²) >= 11 is 0. The summed E-state index contributed by atoms with van der Waals surface area (Å²) in [7, 11) is 0. The number of para-hydroxylation sites is 2. The number of hydrogen-bond donors (Lipinski definition) is 1. The van der Waals surface area contributed by atoms with Crippen LogP contribution in [0.15, 0.2) is 36.9 Å². The van der Waals surface area contributed by atoms with Gasteiger partial charge in [0, 0.05) is 6.54 Å². The molecule has 1 atom stereocenters. The van der Waals surface area contributed by atoms with E-state index in [2.05, 4.69) is 11.9 Å². The van der Waals surface area contributed by atoms with Gasteiger partial charge in [0.1, 0.15) is 0 Å². The highest BCUT2D eigenvalue weighted by molar-refractivity contribution is 6.03. The summed E-state index contributed by atoms with van der Waals surface area (Å²) in [6.07, 6.45) is -1.23. The normalized spacial score (nSPS) is 18.9. The molecule has 0 saturated heterocycles. The molecule has 5 heteroatoms. The molecule has 0 fully saturated rings. The molecule has 0 radical (unpaired) electrons. The number of rotatable bonds is 3. The van der Waals surface area contributed by atoms with Crippen molar-refractivity contribution in [3.63, 3.8) is 0 Å². The minimum Gasteiger partial charge on any atom is -0.349 e. The van der Waals surface area contributed by atoms with Crippen LogP contribution in [0.3, 0.4) is 0 Å². The molecular weight excluding hydrogens is 226 g/mol. The third-order valence-corrected chi connectivity index (χ3v) is 2.64. The zero-order valence-corrected chi connectivity index (χ0v) is 9.07. The van der Waals surface area contributed by atoms with Gasteiger partial charge in [0.05, 0.1) is 11.4 Å². The molecule has 0 spiro atoms. The lowest BCUT2D eigenvalue weighted by molar-refractivity contribution is -0.120. The Morgan fingerprint density at radius 3 is 2.82 bits per heavy atom. The molecule has 3 nitrogen and oxygen atoms in total. The quantitative estimate of drug-likeness (QED) is 0.819. The van der Waals surface area contributed by atoms with Crippen LogP contribution < -0.4 is 10.2 Å². The minimum atomic E-state index is -2.73. The fourth-order valence-electron chi connectivity index (χ4n) is 1.93. The van der Waals surface area contributed by atoms with Gasteiger partial charge in [0.2, 0.25) is 0 Å². The lowest BCUT2D eigenvalue weighted by atomic mass is 10.1. The number of alkyl halides is 2. The molecule has 1 aliphatic rings. The Balaban J connectivity index is 2.46. The number of carbonyl (C=O) groups is 1. The van der Waals surface area contributed by atoms with Crippen LogP contribution in [0.25, 0.3) is 0 Å². The predicted octanol–water partition coefficient (Wildman–Crippen LogP) is 2.26. The summed E-state index contributed by atoms with van der Waals surface area (Å²) in [5.41, 5.74) is 1.15. The van der Waals surface area contributed by atoms with Crippen molar-refractivity contribution in [1.82, 2.24) is 0 Å². The van der Waals surface area contributed by atoms with Gasteiger partial charge in [-0.15, -0.1) is 6.58 Å². The van der Waals surface area contributed by atoms with E-state index in [9.17, 15) is 13.6 Å². The number of anilines is 2. The van der Waals surface area contributed by atoms with Gasteiger partial charge >= 0.3 is 0 Å². The SMILES string of the molecule is C=CCN1c2ccccc2NC(=O)C1C(F)F. The van der Waals surface area contributed by atoms with E-state index in [1.54, 1.807) is 24.3 Å². The average Bonchev–Trinajstić information content (AvgIpc) is 2.28. The first-order chi connectivity index (χ1) is 8.15. The van der Waals surface area contributed by atoms with Gasteiger partial charge in [-0.2, -0.15) is 0 Å². The van der Waals surface area contributed by atoms with Gasteiger partial charge in [-0.05, 0) is 12.1 Å². The Labute approximate surface area is 97.7 Å². The van der Waals surface area contributed by atoms with E-state index in [0.717, 1.165) is 0 Å². The summed E-state index contributed by atoms with van der Waals surface area (Å²) in [6.45, 7) is 3.74. The van der Waals surface area contributed by atoms with Crippen LogP contribution in [0.4, 0.5) is 20.2 Å². The van der Waals surface area contributed by atoms with Crippen molar-refractivity contribution in [3.05, 3.63) is 36.9 Å². The van der Waals surface area contributed by atoms with E-state index in [0.29, 0.717) is 11.4 Å². The highest BCUT2D eigenvalue weighted by atomic mass is 19.3. The number of nitrogens with zero attached hydrogens (tertiary/aromatic N) is 1. The summed E-state index contributed by atoms with van der Waals surface area (Å²) in [5, 5.41) is 2.48. The number of amides is 1. The molecule has 0 bridgehead atoms. The first kappa shape index (κ1) is 11.6. The molecule has 90 valence electrons. The summed E-state index contributed by atoms with van der Waals surface area (Å²) in [6, 6.07) is 5.42. The topological polar surface area (TPSA) is 32.3 Å². The van der Waals surface area contributed by atoms with Gasteiger partial charge in [0.25, 0.3) is 12.3 Å². The Bertz CT molecular complexity index is 448. The smallest absolute Gasteiger partial charge is 0.267 e. The van der Waals surface area contributed by atoms with Crippen molar-refractivity contribution in [2.75, 3.05) is 16.8 Å². The Morgan fingerprint density at radius 2 is 2.18 bits per heavy atom. The van der Waals surface area contributed by atoms with Crippen LogP contribution in [0.2, 0.25) is 0 Å². The van der Waals surface area contributed by atoms with Gasteiger partial charge in [-0.3, -0.25) is 4.79 Å². The second-order valence-electron chi connectivity index (χ2n) is 3.73. The molecule has 1 unspecified atom stereocenters. The van der Waals surface area contributed by atoms with Crippen molar-refractivity contribution >= 4 is 17.3 Å². The lowest BCUT2D eigenvalue weighted by Crippen LogP contribution is -2.52. The maximum absolute atomic E-state index is 12.9. The van der Waals surface area contributed by atoms with Crippen LogP contribution >= 0.6 is 0 Å². The maximum atomic E-state index is 12.9. The van der Waals surface area contributed by atoms with Crippen LogP contribution in [0.5, 0.6) is 0 Å². The molecule has 0 aromatic heterocycles. The molecule has 1 aromatic carbocycles. The van der Waals surface area contributed by atoms with Crippen LogP contribution in [0.1, 0.15) is 0 Å². The number of hydrogen-bond acceptors (Lipinski definition) is 2. The number of fused-ring (bicyclic) bond motifs is 1. The van der Waals surface area contributed by atoms with Gasteiger partial charge < -0.3 is 10.2 Å². The van der Waals surface area contributed by atoms with Crippen LogP contribution in [-0.2, 0) is 4.79 Å². The van der Waals surface area contributed by atoms with Gasteiger partial charge in [-0.1, -0.05) is 18.2 Å². The summed E-state index contributed by atoms with van der Waals surface area (Å²) in [4.78, 5) is 13.0.